The minimum atomic E-state index is -3.70. The summed E-state index contributed by atoms with van der Waals surface area (Å²) in [6.07, 6.45) is 3.83. The summed E-state index contributed by atoms with van der Waals surface area (Å²) in [7, 11) is -2.11. The molecule has 1 aromatic carbocycles. The summed E-state index contributed by atoms with van der Waals surface area (Å²) in [4.78, 5) is -0.0288. The topological polar surface area (TPSA) is 49.4 Å². The van der Waals surface area contributed by atoms with Gasteiger partial charge >= 0.3 is 0 Å². The lowest BCUT2D eigenvalue weighted by Crippen LogP contribution is -2.48. The molecule has 2 aliphatic heterocycles. The number of nitrogens with one attached hydrogen (secondary N) is 1. The summed E-state index contributed by atoms with van der Waals surface area (Å²) >= 11 is 5.91. The number of halogens is 3. The minimum absolute atomic E-state index is 0. The Bertz CT molecular complexity index is 644. The predicted molar refractivity (Wildman–Crippen MR) is 86.6 cm³/mol. The van der Waals surface area contributed by atoms with Crippen molar-refractivity contribution < 1.29 is 12.8 Å². The lowest BCUT2D eigenvalue weighted by molar-refractivity contribution is 0.251. The van der Waals surface area contributed by atoms with E-state index in [9.17, 15) is 12.8 Å². The fourth-order valence-electron chi connectivity index (χ4n) is 3.36. The Morgan fingerprint density at radius 1 is 1.27 bits per heavy atom. The minimum Gasteiger partial charge on any atom is -0.311 e. The molecule has 2 bridgehead atoms. The van der Waals surface area contributed by atoms with Crippen molar-refractivity contribution in [3.05, 3.63) is 29.0 Å². The Morgan fingerprint density at radius 3 is 2.41 bits per heavy atom. The maximum absolute atomic E-state index is 13.1. The Kier molecular flexibility index (Phi) is 5.39. The van der Waals surface area contributed by atoms with Crippen molar-refractivity contribution in [1.82, 2.24) is 9.62 Å². The van der Waals surface area contributed by atoms with Crippen molar-refractivity contribution in [2.24, 2.45) is 0 Å². The zero-order valence-electron chi connectivity index (χ0n) is 12.1. The van der Waals surface area contributed by atoms with E-state index in [-0.39, 0.29) is 28.4 Å². The third kappa shape index (κ3) is 3.26. The molecule has 8 heteroatoms. The van der Waals surface area contributed by atoms with Crippen LogP contribution in [0.15, 0.2) is 23.1 Å². The lowest BCUT2D eigenvalue weighted by Gasteiger charge is -2.35. The molecular formula is C14H19Cl2FN2O2S. The second kappa shape index (κ2) is 6.61. The maximum atomic E-state index is 13.1. The van der Waals surface area contributed by atoms with Crippen molar-refractivity contribution >= 4 is 34.0 Å². The van der Waals surface area contributed by atoms with Crippen LogP contribution in [0.5, 0.6) is 0 Å². The molecule has 2 fully saturated rings. The molecule has 2 saturated heterocycles. The second-order valence-electron chi connectivity index (χ2n) is 5.86. The number of nitrogens with zero attached hydrogens (tertiary/aromatic N) is 1. The fraction of sp³-hybridized carbons (Fsp3) is 0.571. The van der Waals surface area contributed by atoms with Gasteiger partial charge in [0.2, 0.25) is 10.0 Å². The Hall–Kier alpha value is -0.400. The van der Waals surface area contributed by atoms with Gasteiger partial charge in [-0.15, -0.1) is 12.4 Å². The van der Waals surface area contributed by atoms with Gasteiger partial charge in [0.05, 0.1) is 5.02 Å². The van der Waals surface area contributed by atoms with Gasteiger partial charge in [-0.2, -0.15) is 4.31 Å². The van der Waals surface area contributed by atoms with Gasteiger partial charge < -0.3 is 5.32 Å². The van der Waals surface area contributed by atoms with E-state index in [1.54, 1.807) is 7.05 Å². The zero-order valence-corrected chi connectivity index (χ0v) is 14.5. The zero-order chi connectivity index (χ0) is 15.2. The summed E-state index contributed by atoms with van der Waals surface area (Å²) in [6.45, 7) is 0. The van der Waals surface area contributed by atoms with E-state index in [0.29, 0.717) is 12.1 Å². The van der Waals surface area contributed by atoms with Crippen LogP contribution in [-0.2, 0) is 10.0 Å². The number of hydrogen-bond donors (Lipinski definition) is 1. The van der Waals surface area contributed by atoms with E-state index < -0.39 is 15.8 Å². The van der Waals surface area contributed by atoms with E-state index in [4.69, 9.17) is 11.6 Å². The van der Waals surface area contributed by atoms with E-state index in [0.717, 1.165) is 37.8 Å². The van der Waals surface area contributed by atoms with Crippen molar-refractivity contribution in [3.63, 3.8) is 0 Å². The average molecular weight is 369 g/mol. The molecular weight excluding hydrogens is 350 g/mol. The van der Waals surface area contributed by atoms with Crippen LogP contribution in [0.3, 0.4) is 0 Å². The summed E-state index contributed by atoms with van der Waals surface area (Å²) in [5.41, 5.74) is 0. The number of sulfonamides is 1. The molecule has 2 heterocycles. The first-order valence-corrected chi connectivity index (χ1v) is 8.89. The number of rotatable bonds is 3. The molecule has 0 spiro atoms. The number of hydrogen-bond acceptors (Lipinski definition) is 3. The third-order valence-electron chi connectivity index (χ3n) is 4.51. The second-order valence-corrected chi connectivity index (χ2v) is 8.23. The normalized spacial score (nSPS) is 27.7. The summed E-state index contributed by atoms with van der Waals surface area (Å²) < 4.78 is 39.9. The first kappa shape index (κ1) is 17.9. The first-order chi connectivity index (χ1) is 9.88. The maximum Gasteiger partial charge on any atom is 0.244 e. The van der Waals surface area contributed by atoms with Gasteiger partial charge in [0, 0.05) is 25.2 Å². The molecule has 0 aliphatic carbocycles. The standard InChI is InChI=1S/C14H18ClFN2O2S.ClH/c1-18(12-7-10-3-4-11(8-12)17-10)21(19,20)14-5-2-9(16)6-13(14)15;/h2,5-6,10-12,17H,3-4,7-8H2,1H3;1H. The molecule has 0 amide bonds. The molecule has 4 nitrogen and oxygen atoms in total. The molecule has 2 aliphatic rings. The van der Waals surface area contributed by atoms with Gasteiger partial charge in [0.1, 0.15) is 10.7 Å². The van der Waals surface area contributed by atoms with Crippen LogP contribution in [0, 0.1) is 5.82 Å². The Balaban J connectivity index is 0.00000176. The largest absolute Gasteiger partial charge is 0.311 e. The Morgan fingerprint density at radius 2 is 1.86 bits per heavy atom. The smallest absolute Gasteiger partial charge is 0.244 e. The summed E-state index contributed by atoms with van der Waals surface area (Å²) in [5.74, 6) is -0.540. The van der Waals surface area contributed by atoms with Crippen LogP contribution in [0.25, 0.3) is 0 Å². The van der Waals surface area contributed by atoms with Crippen LogP contribution in [0.2, 0.25) is 5.02 Å². The molecule has 2 atom stereocenters. The quantitative estimate of drug-likeness (QED) is 0.892. The highest BCUT2D eigenvalue weighted by Gasteiger charge is 2.39. The van der Waals surface area contributed by atoms with Gasteiger partial charge in [0.15, 0.2) is 0 Å². The monoisotopic (exact) mass is 368 g/mol. The fourth-order valence-corrected chi connectivity index (χ4v) is 5.24. The average Bonchev–Trinajstić information content (AvgIpc) is 2.76. The van der Waals surface area contributed by atoms with Crippen molar-refractivity contribution in [2.45, 2.75) is 48.7 Å². The van der Waals surface area contributed by atoms with Crippen molar-refractivity contribution in [2.75, 3.05) is 7.05 Å². The van der Waals surface area contributed by atoms with Gasteiger partial charge in [-0.3, -0.25) is 0 Å². The highest BCUT2D eigenvalue weighted by atomic mass is 35.5. The molecule has 0 aromatic heterocycles. The van der Waals surface area contributed by atoms with Crippen molar-refractivity contribution in [1.29, 1.82) is 0 Å². The van der Waals surface area contributed by atoms with Gasteiger partial charge in [0.25, 0.3) is 0 Å². The molecule has 0 radical (unpaired) electrons. The Labute approximate surface area is 141 Å². The number of fused-ring (bicyclic) bond motifs is 2. The van der Waals surface area contributed by atoms with E-state index in [1.807, 2.05) is 0 Å². The van der Waals surface area contributed by atoms with Crippen LogP contribution in [0.1, 0.15) is 25.7 Å². The predicted octanol–water partition coefficient (Wildman–Crippen LogP) is 2.80. The molecule has 2 unspecified atom stereocenters. The van der Waals surface area contributed by atoms with Crippen LogP contribution >= 0.6 is 24.0 Å². The van der Waals surface area contributed by atoms with E-state index >= 15 is 0 Å². The van der Waals surface area contributed by atoms with Gasteiger partial charge in [-0.05, 0) is 43.9 Å². The molecule has 1 aromatic rings. The third-order valence-corrected chi connectivity index (χ3v) is 6.91. The lowest BCUT2D eigenvalue weighted by atomic mass is 10.0. The molecule has 22 heavy (non-hydrogen) atoms. The van der Waals surface area contributed by atoms with Crippen LogP contribution in [0.4, 0.5) is 4.39 Å². The van der Waals surface area contributed by atoms with Crippen molar-refractivity contribution in [3.8, 4) is 0 Å². The van der Waals surface area contributed by atoms with Gasteiger partial charge in [-0.1, -0.05) is 11.6 Å². The van der Waals surface area contributed by atoms with Crippen LogP contribution < -0.4 is 5.32 Å². The summed E-state index contributed by atoms with van der Waals surface area (Å²) in [6, 6.07) is 4.16. The number of benzene rings is 1. The van der Waals surface area contributed by atoms with E-state index in [1.165, 1.54) is 10.4 Å². The van der Waals surface area contributed by atoms with Crippen LogP contribution in [-0.4, -0.2) is 37.9 Å². The van der Waals surface area contributed by atoms with E-state index in [2.05, 4.69) is 5.32 Å². The molecule has 124 valence electrons. The highest BCUT2D eigenvalue weighted by Crippen LogP contribution is 2.33. The molecule has 0 saturated carbocycles. The SMILES string of the molecule is CN(C1CC2CCC(C1)N2)S(=O)(=O)c1ccc(F)cc1Cl.Cl. The molecule has 3 rings (SSSR count). The highest BCUT2D eigenvalue weighted by molar-refractivity contribution is 7.89. The molecule has 1 N–H and O–H groups in total. The van der Waals surface area contributed by atoms with Gasteiger partial charge in [-0.25, -0.2) is 12.8 Å². The first-order valence-electron chi connectivity index (χ1n) is 7.07. The number of piperidine rings is 1. The summed E-state index contributed by atoms with van der Waals surface area (Å²) in [5, 5.41) is 3.42.